The second-order valence-corrected chi connectivity index (χ2v) is 5.01. The highest BCUT2D eigenvalue weighted by Crippen LogP contribution is 2.54. The summed E-state index contributed by atoms with van der Waals surface area (Å²) in [4.78, 5) is 11.2. The topological polar surface area (TPSA) is 64.3 Å². The SMILES string of the molecule is CC(C)(C)OC(=O)NC[C@@H]1[C@H](CN)C1(F)F.Cl. The van der Waals surface area contributed by atoms with Crippen molar-refractivity contribution in [3.8, 4) is 0 Å². The van der Waals surface area contributed by atoms with Crippen LogP contribution in [0, 0.1) is 11.8 Å². The molecule has 0 saturated heterocycles. The summed E-state index contributed by atoms with van der Waals surface area (Å²) in [6.07, 6.45) is -0.675. The molecule has 2 atom stereocenters. The van der Waals surface area contributed by atoms with Gasteiger partial charge in [0.25, 0.3) is 5.92 Å². The molecule has 17 heavy (non-hydrogen) atoms. The number of nitrogens with two attached hydrogens (primary N) is 1. The molecule has 1 saturated carbocycles. The Morgan fingerprint density at radius 1 is 1.41 bits per heavy atom. The van der Waals surface area contributed by atoms with Crippen molar-refractivity contribution in [2.45, 2.75) is 32.3 Å². The molecule has 0 aromatic rings. The number of rotatable bonds is 3. The van der Waals surface area contributed by atoms with Crippen LogP contribution in [-0.2, 0) is 4.74 Å². The average molecular weight is 273 g/mol. The zero-order chi connectivity index (χ0) is 12.6. The molecule has 0 aliphatic heterocycles. The minimum atomic E-state index is -2.75. The predicted molar refractivity (Wildman–Crippen MR) is 62.5 cm³/mol. The fourth-order valence-electron chi connectivity index (χ4n) is 1.57. The van der Waals surface area contributed by atoms with Crippen molar-refractivity contribution in [2.24, 2.45) is 17.6 Å². The summed E-state index contributed by atoms with van der Waals surface area (Å²) in [7, 11) is 0. The quantitative estimate of drug-likeness (QED) is 0.823. The van der Waals surface area contributed by atoms with Crippen molar-refractivity contribution in [2.75, 3.05) is 13.1 Å². The number of halogens is 3. The van der Waals surface area contributed by atoms with Crippen molar-refractivity contribution in [1.82, 2.24) is 5.32 Å². The third-order valence-corrected chi connectivity index (χ3v) is 2.48. The van der Waals surface area contributed by atoms with Gasteiger partial charge in [-0.05, 0) is 20.8 Å². The molecule has 0 radical (unpaired) electrons. The number of alkyl carbamates (subject to hydrolysis) is 1. The minimum absolute atomic E-state index is 0. The lowest BCUT2D eigenvalue weighted by Gasteiger charge is -2.19. The lowest BCUT2D eigenvalue weighted by Crippen LogP contribution is -2.34. The number of ether oxygens (including phenoxy) is 1. The summed E-state index contributed by atoms with van der Waals surface area (Å²) in [5.41, 5.74) is 4.56. The third kappa shape index (κ3) is 4.27. The first-order valence-corrected chi connectivity index (χ1v) is 5.23. The van der Waals surface area contributed by atoms with Crippen molar-refractivity contribution < 1.29 is 18.3 Å². The highest BCUT2D eigenvalue weighted by molar-refractivity contribution is 5.85. The molecular weight excluding hydrogens is 254 g/mol. The van der Waals surface area contributed by atoms with Crippen LogP contribution in [-0.4, -0.2) is 30.7 Å². The summed E-state index contributed by atoms with van der Waals surface area (Å²) in [6, 6.07) is 0. The number of hydrogen-bond acceptors (Lipinski definition) is 3. The van der Waals surface area contributed by atoms with E-state index in [1.165, 1.54) is 0 Å². The third-order valence-electron chi connectivity index (χ3n) is 2.48. The highest BCUT2D eigenvalue weighted by Gasteiger charge is 2.66. The van der Waals surface area contributed by atoms with E-state index in [1.807, 2.05) is 0 Å². The van der Waals surface area contributed by atoms with Crippen LogP contribution in [0.15, 0.2) is 0 Å². The molecule has 0 unspecified atom stereocenters. The van der Waals surface area contributed by atoms with Crippen LogP contribution in [0.1, 0.15) is 20.8 Å². The van der Waals surface area contributed by atoms with E-state index in [1.54, 1.807) is 20.8 Å². The predicted octanol–water partition coefficient (Wildman–Crippen LogP) is 1.77. The summed E-state index contributed by atoms with van der Waals surface area (Å²) in [6.45, 7) is 4.97. The largest absolute Gasteiger partial charge is 0.444 e. The van der Waals surface area contributed by atoms with Gasteiger partial charge in [0.15, 0.2) is 0 Å². The van der Waals surface area contributed by atoms with Gasteiger partial charge in [-0.2, -0.15) is 0 Å². The molecule has 0 bridgehead atoms. The molecule has 0 aromatic carbocycles. The second-order valence-electron chi connectivity index (χ2n) is 5.01. The number of nitrogens with one attached hydrogen (secondary N) is 1. The fourth-order valence-corrected chi connectivity index (χ4v) is 1.57. The van der Waals surface area contributed by atoms with E-state index in [9.17, 15) is 13.6 Å². The normalized spacial score (nSPS) is 25.8. The molecule has 0 spiro atoms. The molecule has 3 N–H and O–H groups in total. The van der Waals surface area contributed by atoms with E-state index in [0.29, 0.717) is 0 Å². The number of amides is 1. The van der Waals surface area contributed by atoms with Crippen LogP contribution in [0.5, 0.6) is 0 Å². The van der Waals surface area contributed by atoms with Crippen LogP contribution in [0.2, 0.25) is 0 Å². The average Bonchev–Trinajstić information content (AvgIpc) is 2.60. The summed E-state index contributed by atoms with van der Waals surface area (Å²) < 4.78 is 30.9. The molecule has 1 aliphatic carbocycles. The Morgan fingerprint density at radius 2 is 1.94 bits per heavy atom. The lowest BCUT2D eigenvalue weighted by molar-refractivity contribution is 0.0507. The first kappa shape index (κ1) is 16.4. The molecule has 1 aliphatic rings. The van der Waals surface area contributed by atoms with Crippen molar-refractivity contribution in [3.05, 3.63) is 0 Å². The molecule has 4 nitrogen and oxygen atoms in total. The van der Waals surface area contributed by atoms with Crippen LogP contribution in [0.25, 0.3) is 0 Å². The Hall–Kier alpha value is -0.620. The molecule has 0 heterocycles. The zero-order valence-corrected chi connectivity index (χ0v) is 10.9. The van der Waals surface area contributed by atoms with Crippen molar-refractivity contribution in [3.63, 3.8) is 0 Å². The standard InChI is InChI=1S/C10H18F2N2O2.ClH/c1-9(2,3)16-8(15)14-5-7-6(4-13)10(7,11)12;/h6-7H,4-5,13H2,1-3H3,(H,14,15);1H/t6-,7+;/m0./s1. The number of hydrogen-bond donors (Lipinski definition) is 2. The van der Waals surface area contributed by atoms with Gasteiger partial charge in [-0.15, -0.1) is 12.4 Å². The van der Waals surface area contributed by atoms with Gasteiger partial charge >= 0.3 is 6.09 Å². The number of alkyl halides is 2. The zero-order valence-electron chi connectivity index (χ0n) is 10.1. The molecule has 0 aromatic heterocycles. The Bertz CT molecular complexity index is 282. The molecule has 1 fully saturated rings. The molecule has 1 rings (SSSR count). The van der Waals surface area contributed by atoms with Crippen molar-refractivity contribution in [1.29, 1.82) is 0 Å². The van der Waals surface area contributed by atoms with Gasteiger partial charge in [0.2, 0.25) is 0 Å². The Morgan fingerprint density at radius 3 is 2.29 bits per heavy atom. The maximum absolute atomic E-state index is 13.0. The van der Waals surface area contributed by atoms with E-state index in [-0.39, 0.29) is 25.5 Å². The molecular formula is C10H19ClF2N2O2. The maximum Gasteiger partial charge on any atom is 0.407 e. The van der Waals surface area contributed by atoms with Crippen LogP contribution in [0.3, 0.4) is 0 Å². The number of carbonyl (C=O) groups is 1. The smallest absolute Gasteiger partial charge is 0.407 e. The Labute approximate surface area is 106 Å². The first-order valence-electron chi connectivity index (χ1n) is 5.23. The van der Waals surface area contributed by atoms with Crippen LogP contribution >= 0.6 is 12.4 Å². The Kier molecular flexibility index (Phi) is 5.16. The van der Waals surface area contributed by atoms with Gasteiger partial charge in [0.05, 0.1) is 5.92 Å². The van der Waals surface area contributed by atoms with Gasteiger partial charge in [0.1, 0.15) is 5.60 Å². The minimum Gasteiger partial charge on any atom is -0.444 e. The highest BCUT2D eigenvalue weighted by atomic mass is 35.5. The van der Waals surface area contributed by atoms with Gasteiger partial charge in [-0.1, -0.05) is 0 Å². The maximum atomic E-state index is 13.0. The summed E-state index contributed by atoms with van der Waals surface area (Å²) in [5, 5.41) is 2.32. The van der Waals surface area contributed by atoms with Crippen LogP contribution in [0.4, 0.5) is 13.6 Å². The monoisotopic (exact) mass is 272 g/mol. The molecule has 1 amide bonds. The van der Waals surface area contributed by atoms with E-state index < -0.39 is 29.5 Å². The van der Waals surface area contributed by atoms with Gasteiger partial charge < -0.3 is 15.8 Å². The fraction of sp³-hybridized carbons (Fsp3) is 0.900. The van der Waals surface area contributed by atoms with Crippen molar-refractivity contribution >= 4 is 18.5 Å². The second kappa shape index (κ2) is 5.35. The Balaban J connectivity index is 0.00000256. The van der Waals surface area contributed by atoms with E-state index in [4.69, 9.17) is 10.5 Å². The van der Waals surface area contributed by atoms with Gasteiger partial charge in [-0.25, -0.2) is 13.6 Å². The lowest BCUT2D eigenvalue weighted by atomic mass is 10.2. The number of carbonyl (C=O) groups excluding carboxylic acids is 1. The summed E-state index contributed by atoms with van der Waals surface area (Å²) in [5.74, 6) is -4.42. The van der Waals surface area contributed by atoms with Gasteiger partial charge in [0, 0.05) is 19.0 Å². The summed E-state index contributed by atoms with van der Waals surface area (Å²) >= 11 is 0. The van der Waals surface area contributed by atoms with Gasteiger partial charge in [-0.3, -0.25) is 0 Å². The molecule has 7 heteroatoms. The van der Waals surface area contributed by atoms with E-state index in [0.717, 1.165) is 0 Å². The van der Waals surface area contributed by atoms with Crippen LogP contribution < -0.4 is 11.1 Å². The molecule has 102 valence electrons. The van der Waals surface area contributed by atoms with E-state index >= 15 is 0 Å². The first-order chi connectivity index (χ1) is 7.18. The van der Waals surface area contributed by atoms with E-state index in [2.05, 4.69) is 5.32 Å².